The fourth-order valence-electron chi connectivity index (χ4n) is 2.86. The first-order valence-electron chi connectivity index (χ1n) is 7.28. The molecule has 0 fully saturated rings. The molecule has 0 radical (unpaired) electrons. The van der Waals surface area contributed by atoms with Crippen molar-refractivity contribution in [1.29, 1.82) is 0 Å². The summed E-state index contributed by atoms with van der Waals surface area (Å²) in [5, 5.41) is 0. The van der Waals surface area contributed by atoms with E-state index < -0.39 is 11.7 Å². The third kappa shape index (κ3) is 3.47. The van der Waals surface area contributed by atoms with Crippen molar-refractivity contribution in [1.82, 2.24) is 4.90 Å². The average molecular weight is 324 g/mol. The topological polar surface area (TPSA) is 29.3 Å². The van der Waals surface area contributed by atoms with Gasteiger partial charge in [0, 0.05) is 30.9 Å². The van der Waals surface area contributed by atoms with E-state index in [9.17, 15) is 17.6 Å². The van der Waals surface area contributed by atoms with Crippen molar-refractivity contribution >= 4 is 5.69 Å². The normalized spacial score (nSPS) is 15.5. The molecule has 0 aliphatic carbocycles. The first-order valence-corrected chi connectivity index (χ1v) is 7.28. The fourth-order valence-corrected chi connectivity index (χ4v) is 2.86. The van der Waals surface area contributed by atoms with Gasteiger partial charge in [0.25, 0.3) is 0 Å². The predicted octanol–water partition coefficient (Wildman–Crippen LogP) is 3.99. The third-order valence-corrected chi connectivity index (χ3v) is 4.10. The molecule has 2 aromatic rings. The van der Waals surface area contributed by atoms with E-state index in [1.807, 2.05) is 4.90 Å². The van der Waals surface area contributed by atoms with E-state index in [1.165, 1.54) is 12.1 Å². The molecular weight excluding hydrogens is 308 g/mol. The Morgan fingerprint density at radius 2 is 1.83 bits per heavy atom. The largest absolute Gasteiger partial charge is 0.416 e. The standard InChI is InChI=1S/C17H16F4N2/c18-16-8-15(22)4-2-12(16)9-23-6-5-11-1-3-14(17(19,20)21)7-13(11)10-23/h1-4,7-8H,5-6,9-10,22H2. The van der Waals surface area contributed by atoms with E-state index in [0.717, 1.165) is 11.6 Å². The molecule has 23 heavy (non-hydrogen) atoms. The molecule has 2 aromatic carbocycles. The second-order valence-corrected chi connectivity index (χ2v) is 5.79. The Morgan fingerprint density at radius 1 is 1.04 bits per heavy atom. The number of halogens is 4. The van der Waals surface area contributed by atoms with Crippen molar-refractivity contribution in [2.45, 2.75) is 25.7 Å². The molecule has 0 unspecified atom stereocenters. The molecule has 1 aliphatic rings. The maximum absolute atomic E-state index is 13.9. The summed E-state index contributed by atoms with van der Waals surface area (Å²) in [7, 11) is 0. The van der Waals surface area contributed by atoms with Gasteiger partial charge in [-0.1, -0.05) is 12.1 Å². The van der Waals surface area contributed by atoms with E-state index in [2.05, 4.69) is 0 Å². The van der Waals surface area contributed by atoms with Crippen LogP contribution in [0.1, 0.15) is 22.3 Å². The number of alkyl halides is 3. The number of rotatable bonds is 2. The second kappa shape index (κ2) is 5.85. The molecule has 0 saturated carbocycles. The van der Waals surface area contributed by atoms with Crippen LogP contribution in [0.2, 0.25) is 0 Å². The summed E-state index contributed by atoms with van der Waals surface area (Å²) < 4.78 is 52.3. The monoisotopic (exact) mass is 324 g/mol. The predicted molar refractivity (Wildman–Crippen MR) is 80.1 cm³/mol. The van der Waals surface area contributed by atoms with E-state index in [-0.39, 0.29) is 5.82 Å². The highest BCUT2D eigenvalue weighted by atomic mass is 19.4. The van der Waals surface area contributed by atoms with Crippen LogP contribution in [-0.2, 0) is 25.7 Å². The van der Waals surface area contributed by atoms with Gasteiger partial charge in [-0.05, 0) is 41.8 Å². The van der Waals surface area contributed by atoms with E-state index >= 15 is 0 Å². The molecule has 0 saturated heterocycles. The van der Waals surface area contributed by atoms with Crippen LogP contribution in [0.5, 0.6) is 0 Å². The van der Waals surface area contributed by atoms with Gasteiger partial charge in [-0.3, -0.25) is 4.90 Å². The molecule has 122 valence electrons. The van der Waals surface area contributed by atoms with Gasteiger partial charge >= 0.3 is 6.18 Å². The lowest BCUT2D eigenvalue weighted by molar-refractivity contribution is -0.137. The Bertz CT molecular complexity index is 725. The van der Waals surface area contributed by atoms with Crippen LogP contribution in [-0.4, -0.2) is 11.4 Å². The number of nitrogens with zero attached hydrogens (tertiary/aromatic N) is 1. The van der Waals surface area contributed by atoms with Crippen LogP contribution in [0.3, 0.4) is 0 Å². The van der Waals surface area contributed by atoms with Gasteiger partial charge in [-0.25, -0.2) is 4.39 Å². The smallest absolute Gasteiger partial charge is 0.399 e. The van der Waals surface area contributed by atoms with Crippen molar-refractivity contribution in [2.75, 3.05) is 12.3 Å². The maximum atomic E-state index is 13.9. The molecule has 0 spiro atoms. The Hall–Kier alpha value is -2.08. The molecular formula is C17H16F4N2. The van der Waals surface area contributed by atoms with Gasteiger partial charge in [-0.2, -0.15) is 13.2 Å². The van der Waals surface area contributed by atoms with Crippen LogP contribution in [0, 0.1) is 5.82 Å². The number of nitrogen functional groups attached to an aromatic ring is 1. The Balaban J connectivity index is 1.79. The second-order valence-electron chi connectivity index (χ2n) is 5.79. The summed E-state index contributed by atoms with van der Waals surface area (Å²) in [5.74, 6) is -0.389. The summed E-state index contributed by atoms with van der Waals surface area (Å²) in [4.78, 5) is 1.94. The van der Waals surface area contributed by atoms with Gasteiger partial charge in [-0.15, -0.1) is 0 Å². The van der Waals surface area contributed by atoms with Crippen molar-refractivity contribution < 1.29 is 17.6 Å². The molecule has 0 aromatic heterocycles. The number of anilines is 1. The minimum absolute atomic E-state index is 0.349. The Kier molecular flexibility index (Phi) is 4.02. The summed E-state index contributed by atoms with van der Waals surface area (Å²) in [6.07, 6.45) is -3.69. The van der Waals surface area contributed by atoms with Gasteiger partial charge in [0.1, 0.15) is 5.82 Å². The molecule has 3 rings (SSSR count). The zero-order valence-corrected chi connectivity index (χ0v) is 12.3. The fraction of sp³-hybridized carbons (Fsp3) is 0.294. The van der Waals surface area contributed by atoms with Crippen LogP contribution in [0.4, 0.5) is 23.2 Å². The average Bonchev–Trinajstić information content (AvgIpc) is 2.48. The van der Waals surface area contributed by atoms with E-state index in [0.29, 0.717) is 42.9 Å². The lowest BCUT2D eigenvalue weighted by atomic mass is 9.97. The first kappa shape index (κ1) is 15.8. The van der Waals surface area contributed by atoms with Crippen LogP contribution in [0.15, 0.2) is 36.4 Å². The zero-order valence-electron chi connectivity index (χ0n) is 12.3. The number of fused-ring (bicyclic) bond motifs is 1. The number of benzene rings is 2. The molecule has 0 atom stereocenters. The quantitative estimate of drug-likeness (QED) is 0.669. The third-order valence-electron chi connectivity index (χ3n) is 4.10. The highest BCUT2D eigenvalue weighted by Gasteiger charge is 2.31. The van der Waals surface area contributed by atoms with E-state index in [1.54, 1.807) is 18.2 Å². The number of hydrogen-bond acceptors (Lipinski definition) is 2. The SMILES string of the molecule is Nc1ccc(CN2CCc3ccc(C(F)(F)F)cc3C2)c(F)c1. The van der Waals surface area contributed by atoms with Crippen LogP contribution >= 0.6 is 0 Å². The summed E-state index contributed by atoms with van der Waals surface area (Å²) >= 11 is 0. The van der Waals surface area contributed by atoms with Crippen molar-refractivity contribution in [3.63, 3.8) is 0 Å². The van der Waals surface area contributed by atoms with Crippen molar-refractivity contribution in [2.24, 2.45) is 0 Å². The Labute approximate surface area is 131 Å². The number of hydrogen-bond donors (Lipinski definition) is 1. The zero-order chi connectivity index (χ0) is 16.6. The van der Waals surface area contributed by atoms with Gasteiger partial charge in [0.15, 0.2) is 0 Å². The molecule has 2 N–H and O–H groups in total. The summed E-state index contributed by atoms with van der Waals surface area (Å²) in [6.45, 7) is 1.41. The van der Waals surface area contributed by atoms with Crippen molar-refractivity contribution in [3.8, 4) is 0 Å². The Morgan fingerprint density at radius 3 is 2.52 bits per heavy atom. The molecule has 1 heterocycles. The van der Waals surface area contributed by atoms with Gasteiger partial charge in [0.2, 0.25) is 0 Å². The summed E-state index contributed by atoms with van der Waals surface area (Å²) in [5.41, 5.74) is 7.30. The molecule has 1 aliphatic heterocycles. The molecule has 2 nitrogen and oxygen atoms in total. The minimum atomic E-state index is -4.35. The molecule has 0 amide bonds. The molecule has 0 bridgehead atoms. The molecule has 6 heteroatoms. The van der Waals surface area contributed by atoms with Crippen molar-refractivity contribution in [3.05, 3.63) is 64.5 Å². The van der Waals surface area contributed by atoms with E-state index in [4.69, 9.17) is 5.73 Å². The van der Waals surface area contributed by atoms with Gasteiger partial charge < -0.3 is 5.73 Å². The highest BCUT2D eigenvalue weighted by molar-refractivity contribution is 5.40. The lowest BCUT2D eigenvalue weighted by Crippen LogP contribution is -2.30. The highest BCUT2D eigenvalue weighted by Crippen LogP contribution is 2.32. The van der Waals surface area contributed by atoms with Gasteiger partial charge in [0.05, 0.1) is 5.56 Å². The van der Waals surface area contributed by atoms with Crippen LogP contribution in [0.25, 0.3) is 0 Å². The lowest BCUT2D eigenvalue weighted by Gasteiger charge is -2.29. The summed E-state index contributed by atoms with van der Waals surface area (Å²) in [6, 6.07) is 8.35. The van der Waals surface area contributed by atoms with Crippen LogP contribution < -0.4 is 5.73 Å². The maximum Gasteiger partial charge on any atom is 0.416 e. The number of nitrogens with two attached hydrogens (primary N) is 1. The minimum Gasteiger partial charge on any atom is -0.399 e. The first-order chi connectivity index (χ1) is 10.8.